The van der Waals surface area contributed by atoms with E-state index >= 15 is 0 Å². The summed E-state index contributed by atoms with van der Waals surface area (Å²) < 4.78 is 55.2. The van der Waals surface area contributed by atoms with Crippen molar-refractivity contribution in [2.24, 2.45) is 5.92 Å². The van der Waals surface area contributed by atoms with E-state index in [2.05, 4.69) is 21.2 Å². The molecule has 1 aromatic heterocycles. The maximum atomic E-state index is 13.9. The van der Waals surface area contributed by atoms with E-state index in [4.69, 9.17) is 0 Å². The van der Waals surface area contributed by atoms with E-state index in [-0.39, 0.29) is 5.69 Å². The molecular formula is C29H18BrF4N3O4S2. The number of nitrogens with zero attached hydrogens (tertiary/aromatic N) is 2. The number of aromatic nitrogens is 1. The van der Waals surface area contributed by atoms with Crippen LogP contribution >= 0.6 is 39.0 Å². The molecule has 1 saturated heterocycles. The van der Waals surface area contributed by atoms with Crippen LogP contribution in [0.2, 0.25) is 0 Å². The molecule has 6 rings (SSSR count). The highest BCUT2D eigenvalue weighted by Crippen LogP contribution is 2.54. The van der Waals surface area contributed by atoms with Crippen molar-refractivity contribution in [1.29, 1.82) is 0 Å². The summed E-state index contributed by atoms with van der Waals surface area (Å²) in [5.74, 6) is -3.94. The Bertz CT molecular complexity index is 1820. The Hall–Kier alpha value is -3.75. The fourth-order valence-corrected chi connectivity index (χ4v) is 8.28. The van der Waals surface area contributed by atoms with Gasteiger partial charge in [0.2, 0.25) is 17.7 Å². The average Bonchev–Trinajstić information content (AvgIpc) is 3.40. The number of carbonyl (C=O) groups excluding carboxylic acids is 3. The number of nitrogens with one attached hydrogen (secondary N) is 1. The van der Waals surface area contributed by atoms with Crippen LogP contribution in [0.4, 0.5) is 28.9 Å². The van der Waals surface area contributed by atoms with Crippen molar-refractivity contribution in [2.75, 3.05) is 10.2 Å². The number of benzene rings is 3. The molecular weight excluding hydrogens is 674 g/mol. The molecule has 0 aliphatic carbocycles. The lowest BCUT2D eigenvalue weighted by Gasteiger charge is -2.30. The summed E-state index contributed by atoms with van der Waals surface area (Å²) in [6.45, 7) is -0.542. The number of anilines is 2. The van der Waals surface area contributed by atoms with E-state index in [1.54, 1.807) is 24.3 Å². The topological polar surface area (TPSA) is 88.5 Å². The number of thiazole rings is 1. The second kappa shape index (κ2) is 11.1. The van der Waals surface area contributed by atoms with Gasteiger partial charge in [-0.05, 0) is 60.2 Å². The number of alkyl halides is 3. The highest BCUT2D eigenvalue weighted by molar-refractivity contribution is 9.10. The van der Waals surface area contributed by atoms with Crippen molar-refractivity contribution in [2.45, 2.75) is 28.9 Å². The van der Waals surface area contributed by atoms with Crippen LogP contribution in [0.3, 0.4) is 0 Å². The minimum atomic E-state index is -4.61. The Morgan fingerprint density at radius 1 is 0.953 bits per heavy atom. The summed E-state index contributed by atoms with van der Waals surface area (Å²) in [4.78, 5) is 54.7. The summed E-state index contributed by atoms with van der Waals surface area (Å²) in [6, 6.07) is 16.2. The monoisotopic (exact) mass is 691 g/mol. The molecule has 14 heteroatoms. The Balaban J connectivity index is 1.37. The number of rotatable bonds is 5. The normalized spacial score (nSPS) is 19.7. The number of thioether (sulfide) groups is 1. The van der Waals surface area contributed by atoms with E-state index in [1.165, 1.54) is 30.3 Å². The molecule has 0 radical (unpaired) electrons. The van der Waals surface area contributed by atoms with Gasteiger partial charge in [0.1, 0.15) is 17.6 Å². The quantitative estimate of drug-likeness (QED) is 0.197. The first-order chi connectivity index (χ1) is 20.4. The van der Waals surface area contributed by atoms with Gasteiger partial charge in [0, 0.05) is 21.0 Å². The van der Waals surface area contributed by atoms with Crippen molar-refractivity contribution >= 4 is 68.1 Å². The first-order valence-electron chi connectivity index (χ1n) is 12.7. The molecule has 0 saturated carbocycles. The molecule has 3 unspecified atom stereocenters. The van der Waals surface area contributed by atoms with Gasteiger partial charge in [-0.2, -0.15) is 13.2 Å². The van der Waals surface area contributed by atoms with Crippen molar-refractivity contribution in [1.82, 2.24) is 4.57 Å². The number of carbonyl (C=O) groups is 3. The minimum absolute atomic E-state index is 0.101. The number of fused-ring (bicyclic) bond motifs is 2. The molecule has 2 aliphatic rings. The van der Waals surface area contributed by atoms with Crippen molar-refractivity contribution in [3.8, 4) is 0 Å². The molecule has 7 nitrogen and oxygen atoms in total. The fraction of sp³-hybridized carbons (Fsp3) is 0.172. The van der Waals surface area contributed by atoms with Crippen LogP contribution in [0.5, 0.6) is 0 Å². The summed E-state index contributed by atoms with van der Waals surface area (Å²) >= 11 is 5.13. The van der Waals surface area contributed by atoms with Crippen molar-refractivity contribution in [3.63, 3.8) is 0 Å². The van der Waals surface area contributed by atoms with Gasteiger partial charge >= 0.3 is 11.0 Å². The van der Waals surface area contributed by atoms with E-state index in [0.29, 0.717) is 21.2 Å². The van der Waals surface area contributed by atoms with Crippen LogP contribution in [0.1, 0.15) is 21.9 Å². The molecule has 3 amide bonds. The zero-order chi connectivity index (χ0) is 30.6. The van der Waals surface area contributed by atoms with E-state index in [1.807, 2.05) is 0 Å². The SMILES string of the molecule is O=C(Cn1c2c(sc1=O)C(c1ccc(F)cc1)C1C(=O)N(c3ccc(Br)cc3)C(=O)C1S2)Nc1cccc(C(F)(F)F)c1. The Labute approximate surface area is 257 Å². The van der Waals surface area contributed by atoms with Gasteiger partial charge < -0.3 is 5.32 Å². The second-order valence-electron chi connectivity index (χ2n) is 9.83. The highest BCUT2D eigenvalue weighted by Gasteiger charge is 2.56. The first-order valence-corrected chi connectivity index (χ1v) is 15.2. The van der Waals surface area contributed by atoms with Gasteiger partial charge in [0.25, 0.3) is 0 Å². The Morgan fingerprint density at radius 2 is 1.65 bits per heavy atom. The molecule has 220 valence electrons. The van der Waals surface area contributed by atoms with Crippen molar-refractivity contribution < 1.29 is 31.9 Å². The maximum Gasteiger partial charge on any atom is 0.416 e. The summed E-state index contributed by atoms with van der Waals surface area (Å²) in [5, 5.41) is 1.73. The van der Waals surface area contributed by atoms with Gasteiger partial charge in [-0.25, -0.2) is 9.29 Å². The van der Waals surface area contributed by atoms with Crippen LogP contribution in [-0.4, -0.2) is 27.5 Å². The maximum absolute atomic E-state index is 13.9. The summed E-state index contributed by atoms with van der Waals surface area (Å²) in [7, 11) is 0. The van der Waals surface area contributed by atoms with Gasteiger partial charge in [0.15, 0.2) is 0 Å². The predicted molar refractivity (Wildman–Crippen MR) is 157 cm³/mol. The molecule has 4 aromatic rings. The van der Waals surface area contributed by atoms with E-state index in [0.717, 1.165) is 55.2 Å². The van der Waals surface area contributed by atoms with Gasteiger partial charge in [-0.3, -0.25) is 23.7 Å². The number of amides is 3. The van der Waals surface area contributed by atoms with Crippen LogP contribution < -0.4 is 15.1 Å². The van der Waals surface area contributed by atoms with Crippen LogP contribution in [-0.2, 0) is 27.1 Å². The minimum Gasteiger partial charge on any atom is -0.325 e. The Morgan fingerprint density at radius 3 is 2.33 bits per heavy atom. The van der Waals surface area contributed by atoms with E-state index < -0.39 is 63.8 Å². The predicted octanol–water partition coefficient (Wildman–Crippen LogP) is 6.26. The second-order valence-corrected chi connectivity index (χ2v) is 12.9. The molecule has 0 bridgehead atoms. The molecule has 3 heterocycles. The Kier molecular flexibility index (Phi) is 7.55. The first kappa shape index (κ1) is 29.3. The molecule has 2 aliphatic heterocycles. The molecule has 0 spiro atoms. The molecule has 43 heavy (non-hydrogen) atoms. The standard InChI is InChI=1S/C29H18BrF4N3O4S2/c30-16-6-10-19(11-7-16)37-25(39)22-21(14-4-8-17(31)9-5-14)24-27(42-23(22)26(37)40)36(28(41)43-24)13-20(38)35-18-3-1-2-15(12-18)29(32,33)34/h1-12,21-23H,13H2,(H,35,38). The fourth-order valence-electron chi connectivity index (χ4n) is 5.25. The zero-order valence-corrected chi connectivity index (χ0v) is 24.8. The molecule has 3 atom stereocenters. The van der Waals surface area contributed by atoms with Gasteiger partial charge in [0.05, 0.1) is 22.2 Å². The third kappa shape index (κ3) is 5.43. The zero-order valence-electron chi connectivity index (χ0n) is 21.6. The third-order valence-corrected chi connectivity index (χ3v) is 10.3. The summed E-state index contributed by atoms with van der Waals surface area (Å²) in [6.07, 6.45) is -4.61. The van der Waals surface area contributed by atoms with Crippen LogP contribution in [0.25, 0.3) is 0 Å². The summed E-state index contributed by atoms with van der Waals surface area (Å²) in [5.41, 5.74) is -0.166. The van der Waals surface area contributed by atoms with Gasteiger partial charge in [-0.15, -0.1) is 0 Å². The molecule has 1 fully saturated rings. The smallest absolute Gasteiger partial charge is 0.325 e. The number of imide groups is 1. The number of halogens is 5. The molecule has 3 aromatic carbocycles. The lowest BCUT2D eigenvalue weighted by Crippen LogP contribution is -2.33. The van der Waals surface area contributed by atoms with Crippen LogP contribution in [0, 0.1) is 11.7 Å². The lowest BCUT2D eigenvalue weighted by atomic mass is 9.83. The largest absolute Gasteiger partial charge is 0.416 e. The van der Waals surface area contributed by atoms with Crippen molar-refractivity contribution in [3.05, 3.63) is 109 Å². The third-order valence-electron chi connectivity index (χ3n) is 7.14. The molecule has 1 N–H and O–H groups in total. The van der Waals surface area contributed by atoms with Crippen LogP contribution in [0.15, 0.2) is 87.1 Å². The lowest BCUT2D eigenvalue weighted by molar-refractivity contribution is -0.137. The highest BCUT2D eigenvalue weighted by atomic mass is 79.9. The number of hydrogen-bond donors (Lipinski definition) is 1. The average molecular weight is 693 g/mol. The number of hydrogen-bond acceptors (Lipinski definition) is 6. The van der Waals surface area contributed by atoms with E-state index in [9.17, 15) is 36.7 Å². The van der Waals surface area contributed by atoms with Gasteiger partial charge in [-0.1, -0.05) is 57.2 Å².